The lowest BCUT2D eigenvalue weighted by Crippen LogP contribution is -2.23. The summed E-state index contributed by atoms with van der Waals surface area (Å²) in [4.78, 5) is 0. The zero-order valence-electron chi connectivity index (χ0n) is 20.0. The summed E-state index contributed by atoms with van der Waals surface area (Å²) in [5.74, 6) is 0. The minimum absolute atomic E-state index is 0.0550. The number of unbranched alkanes of at least 4 members (excludes halogenated alkanes) is 3. The average Bonchev–Trinajstić information content (AvgIpc) is 2.67. The van der Waals surface area contributed by atoms with Gasteiger partial charge in [0.05, 0.1) is 17.9 Å². The molecule has 0 saturated carbocycles. The number of hydrogen-bond acceptors (Lipinski definition) is 3. The first kappa shape index (κ1) is 28.1. The molecule has 3 nitrogen and oxygen atoms in total. The minimum atomic E-state index is -3.13. The van der Waals surface area contributed by atoms with E-state index < -0.39 is 7.60 Å². The Hall–Kier alpha value is 0.150. The summed E-state index contributed by atoms with van der Waals surface area (Å²) in [6, 6.07) is 0. The maximum absolute atomic E-state index is 14.3. The zero-order chi connectivity index (χ0) is 21.3. The molecule has 0 N–H and O–H groups in total. The van der Waals surface area contributed by atoms with E-state index in [1.807, 2.05) is 0 Å². The summed E-state index contributed by atoms with van der Waals surface area (Å²) in [5.41, 5.74) is 0.0550. The van der Waals surface area contributed by atoms with Crippen molar-refractivity contribution >= 4 is 7.60 Å². The van der Waals surface area contributed by atoms with Gasteiger partial charge in [0, 0.05) is 0 Å². The Bertz CT molecular complexity index is 362. The summed E-state index contributed by atoms with van der Waals surface area (Å²) >= 11 is 0. The lowest BCUT2D eigenvalue weighted by atomic mass is 10.1. The van der Waals surface area contributed by atoms with Gasteiger partial charge in [0.25, 0.3) is 0 Å². The quantitative estimate of drug-likeness (QED) is 0.185. The third-order valence-corrected chi connectivity index (χ3v) is 8.13. The molecule has 0 rings (SSSR count). The van der Waals surface area contributed by atoms with Crippen LogP contribution in [0, 0.1) is 0 Å². The Morgan fingerprint density at radius 3 is 1.29 bits per heavy atom. The maximum Gasteiger partial charge on any atom is 0.334 e. The van der Waals surface area contributed by atoms with E-state index in [1.54, 1.807) is 0 Å². The molecule has 0 spiro atoms. The molecular formula is C24H51O3P. The minimum Gasteiger partial charge on any atom is -0.305 e. The molecule has 0 heterocycles. The van der Waals surface area contributed by atoms with Crippen LogP contribution in [-0.2, 0) is 13.6 Å². The van der Waals surface area contributed by atoms with Crippen molar-refractivity contribution < 1.29 is 13.6 Å². The third kappa shape index (κ3) is 12.0. The van der Waals surface area contributed by atoms with Crippen LogP contribution in [0.1, 0.15) is 138 Å². The molecule has 0 amide bonds. The van der Waals surface area contributed by atoms with Crippen LogP contribution in [0.25, 0.3) is 0 Å². The molecule has 0 aliphatic rings. The van der Waals surface area contributed by atoms with Crippen molar-refractivity contribution in [2.24, 2.45) is 0 Å². The van der Waals surface area contributed by atoms with Crippen LogP contribution in [0.15, 0.2) is 0 Å². The Balaban J connectivity index is 5.56. The summed E-state index contributed by atoms with van der Waals surface area (Å²) < 4.78 is 27.2. The van der Waals surface area contributed by atoms with Crippen LogP contribution >= 0.6 is 7.60 Å². The first-order valence-electron chi connectivity index (χ1n) is 12.5. The highest BCUT2D eigenvalue weighted by molar-refractivity contribution is 7.54. The van der Waals surface area contributed by atoms with E-state index in [0.29, 0.717) is 0 Å². The Morgan fingerprint density at radius 1 is 0.536 bits per heavy atom. The first-order valence-corrected chi connectivity index (χ1v) is 14.1. The number of hydrogen-bond donors (Lipinski definition) is 0. The fourth-order valence-electron chi connectivity index (χ4n) is 3.85. The molecule has 0 aliphatic heterocycles. The van der Waals surface area contributed by atoms with Crippen LogP contribution in [-0.4, -0.2) is 17.9 Å². The van der Waals surface area contributed by atoms with Gasteiger partial charge >= 0.3 is 7.60 Å². The Kier molecular flexibility index (Phi) is 18.1. The Morgan fingerprint density at radius 2 is 0.929 bits per heavy atom. The van der Waals surface area contributed by atoms with Crippen LogP contribution in [0.4, 0.5) is 0 Å². The van der Waals surface area contributed by atoms with Crippen molar-refractivity contribution in [3.8, 4) is 0 Å². The molecule has 0 aromatic heterocycles. The monoisotopic (exact) mass is 418 g/mol. The molecule has 4 heteroatoms. The van der Waals surface area contributed by atoms with Crippen molar-refractivity contribution in [3.63, 3.8) is 0 Å². The van der Waals surface area contributed by atoms with E-state index >= 15 is 0 Å². The molecular weight excluding hydrogens is 367 g/mol. The molecule has 0 aromatic carbocycles. The predicted molar refractivity (Wildman–Crippen MR) is 124 cm³/mol. The standard InChI is InChI=1S/C24H51O3P/c1-7-13-19-22(16-10-4)26-28(25,24(18-12-6)21-15-9-3)27-23(17-11-5)20-14-8-2/h22-24H,7-21H2,1-6H3. The molecule has 3 atom stereocenters. The van der Waals surface area contributed by atoms with Crippen molar-refractivity contribution in [1.29, 1.82) is 0 Å². The van der Waals surface area contributed by atoms with Gasteiger partial charge in [-0.1, -0.05) is 99.3 Å². The van der Waals surface area contributed by atoms with Gasteiger partial charge in [-0.25, -0.2) is 0 Å². The van der Waals surface area contributed by atoms with Crippen molar-refractivity contribution in [2.75, 3.05) is 0 Å². The van der Waals surface area contributed by atoms with Crippen molar-refractivity contribution in [1.82, 2.24) is 0 Å². The SMILES string of the molecule is CCCCC(CCC)OP(=O)(OC(CCC)CCCC)C(CCC)CCCC. The van der Waals surface area contributed by atoms with Gasteiger partial charge in [0.1, 0.15) is 0 Å². The van der Waals surface area contributed by atoms with Crippen LogP contribution in [0.2, 0.25) is 0 Å². The van der Waals surface area contributed by atoms with Crippen LogP contribution in [0.3, 0.4) is 0 Å². The summed E-state index contributed by atoms with van der Waals surface area (Å²) in [7, 11) is -3.13. The normalized spacial score (nSPS) is 17.2. The van der Waals surface area contributed by atoms with Crippen LogP contribution in [0.5, 0.6) is 0 Å². The largest absolute Gasteiger partial charge is 0.334 e. The van der Waals surface area contributed by atoms with E-state index in [4.69, 9.17) is 9.05 Å². The lowest BCUT2D eigenvalue weighted by molar-refractivity contribution is 0.0878. The zero-order valence-corrected chi connectivity index (χ0v) is 20.9. The second kappa shape index (κ2) is 18.0. The molecule has 0 aromatic rings. The van der Waals surface area contributed by atoms with E-state index in [2.05, 4.69) is 41.5 Å². The molecule has 0 radical (unpaired) electrons. The van der Waals surface area contributed by atoms with Gasteiger partial charge in [-0.15, -0.1) is 0 Å². The van der Waals surface area contributed by atoms with E-state index in [0.717, 1.165) is 96.3 Å². The third-order valence-electron chi connectivity index (χ3n) is 5.53. The molecule has 0 aliphatic carbocycles. The van der Waals surface area contributed by atoms with E-state index in [-0.39, 0.29) is 17.9 Å². The Labute approximate surface area is 177 Å². The predicted octanol–water partition coefficient (Wildman–Crippen LogP) is 9.29. The highest BCUT2D eigenvalue weighted by atomic mass is 31.2. The summed E-state index contributed by atoms with van der Waals surface area (Å²) in [5, 5.41) is 0. The molecule has 0 saturated heterocycles. The van der Waals surface area contributed by atoms with Gasteiger partial charge in [-0.05, 0) is 38.5 Å². The van der Waals surface area contributed by atoms with Crippen molar-refractivity contribution in [3.05, 3.63) is 0 Å². The van der Waals surface area contributed by atoms with Crippen LogP contribution < -0.4 is 0 Å². The molecule has 0 bridgehead atoms. The van der Waals surface area contributed by atoms with Gasteiger partial charge in [0.2, 0.25) is 0 Å². The average molecular weight is 419 g/mol. The topological polar surface area (TPSA) is 35.5 Å². The summed E-state index contributed by atoms with van der Waals surface area (Å²) in [6.07, 6.45) is 16.0. The highest BCUT2D eigenvalue weighted by Gasteiger charge is 2.39. The second-order valence-electron chi connectivity index (χ2n) is 8.44. The maximum atomic E-state index is 14.3. The molecule has 170 valence electrons. The van der Waals surface area contributed by atoms with E-state index in [9.17, 15) is 4.57 Å². The fourth-order valence-corrected chi connectivity index (χ4v) is 6.57. The van der Waals surface area contributed by atoms with Gasteiger partial charge in [0.15, 0.2) is 0 Å². The highest BCUT2D eigenvalue weighted by Crippen LogP contribution is 2.59. The van der Waals surface area contributed by atoms with E-state index in [1.165, 1.54) is 0 Å². The van der Waals surface area contributed by atoms with Gasteiger partial charge < -0.3 is 9.05 Å². The molecule has 3 unspecified atom stereocenters. The van der Waals surface area contributed by atoms with Crippen molar-refractivity contribution in [2.45, 2.75) is 156 Å². The first-order chi connectivity index (χ1) is 13.5. The molecule has 28 heavy (non-hydrogen) atoms. The lowest BCUT2D eigenvalue weighted by Gasteiger charge is -2.33. The fraction of sp³-hybridized carbons (Fsp3) is 1.00. The second-order valence-corrected chi connectivity index (χ2v) is 10.7. The molecule has 0 fully saturated rings. The van der Waals surface area contributed by atoms with Gasteiger partial charge in [-0.2, -0.15) is 0 Å². The number of rotatable bonds is 20. The van der Waals surface area contributed by atoms with Gasteiger partial charge in [-0.3, -0.25) is 4.57 Å². The summed E-state index contributed by atoms with van der Waals surface area (Å²) in [6.45, 7) is 13.2. The smallest absolute Gasteiger partial charge is 0.305 e.